The number of para-hydroxylation sites is 1. The molecule has 2 N–H and O–H groups in total. The lowest BCUT2D eigenvalue weighted by Crippen LogP contribution is -2.29. The van der Waals surface area contributed by atoms with Crippen molar-refractivity contribution in [1.29, 1.82) is 0 Å². The van der Waals surface area contributed by atoms with Crippen LogP contribution < -0.4 is 10.2 Å². The van der Waals surface area contributed by atoms with Crippen LogP contribution in [-0.2, 0) is 0 Å². The van der Waals surface area contributed by atoms with Gasteiger partial charge in [0.2, 0.25) is 5.69 Å². The minimum absolute atomic E-state index is 0.240. The predicted molar refractivity (Wildman–Crippen MR) is 69.0 cm³/mol. The van der Waals surface area contributed by atoms with E-state index in [9.17, 15) is 0 Å². The summed E-state index contributed by atoms with van der Waals surface area (Å²) < 4.78 is 5.56. The van der Waals surface area contributed by atoms with Gasteiger partial charge in [-0.15, -0.1) is 0 Å². The van der Waals surface area contributed by atoms with E-state index < -0.39 is 7.12 Å². The summed E-state index contributed by atoms with van der Waals surface area (Å²) in [5.41, 5.74) is 0.505. The summed E-state index contributed by atoms with van der Waals surface area (Å²) in [4.78, 5) is 3.31. The average molecular weight is 239 g/mol. The van der Waals surface area contributed by atoms with Crippen LogP contribution in [0.25, 0.3) is 4.85 Å². The van der Waals surface area contributed by atoms with Gasteiger partial charge in [-0.25, -0.2) is 4.85 Å². The highest BCUT2D eigenvalue weighted by molar-refractivity contribution is 6.58. The molecule has 0 saturated heterocycles. The van der Waals surface area contributed by atoms with Crippen molar-refractivity contribution in [3.63, 3.8) is 0 Å². The molecule has 0 fully saturated rings. The van der Waals surface area contributed by atoms with Crippen molar-refractivity contribution >= 4 is 18.3 Å². The number of nitrogens with zero attached hydrogens (tertiary/aromatic N) is 1. The molecule has 2 rings (SSSR count). The molecular formula is C13H10BNO3. The molecule has 5 heteroatoms. The Hall–Kier alpha value is -2.29. The first kappa shape index (κ1) is 12.2. The standard InChI is InChI=1S/C13H10BNO3/c1-15-12-9-10(14(16)17)7-8-13(12)18-11-5-3-2-4-6-11/h2-9,16-17H. The van der Waals surface area contributed by atoms with E-state index in [1.807, 2.05) is 18.2 Å². The molecular weight excluding hydrogens is 229 g/mol. The van der Waals surface area contributed by atoms with Gasteiger partial charge in [0.25, 0.3) is 0 Å². The third-order valence-corrected chi connectivity index (χ3v) is 2.37. The van der Waals surface area contributed by atoms with Gasteiger partial charge in [0.05, 0.1) is 6.57 Å². The maximum atomic E-state index is 9.04. The topological polar surface area (TPSA) is 54.0 Å². The van der Waals surface area contributed by atoms with Gasteiger partial charge in [-0.1, -0.05) is 30.3 Å². The highest BCUT2D eigenvalue weighted by Gasteiger charge is 2.14. The first-order valence-electron chi connectivity index (χ1n) is 5.31. The summed E-state index contributed by atoms with van der Waals surface area (Å²) in [6.45, 7) is 7.07. The molecule has 18 heavy (non-hydrogen) atoms. The Bertz CT molecular complexity index is 579. The van der Waals surface area contributed by atoms with Gasteiger partial charge in [-0.3, -0.25) is 0 Å². The van der Waals surface area contributed by atoms with Crippen molar-refractivity contribution < 1.29 is 14.8 Å². The Labute approximate surface area is 105 Å². The van der Waals surface area contributed by atoms with Gasteiger partial charge in [-0.2, -0.15) is 0 Å². The molecule has 0 aliphatic heterocycles. The molecule has 4 nitrogen and oxygen atoms in total. The summed E-state index contributed by atoms with van der Waals surface area (Å²) in [5.74, 6) is 1.01. The second-order valence-corrected chi connectivity index (χ2v) is 3.63. The van der Waals surface area contributed by atoms with Gasteiger partial charge >= 0.3 is 7.12 Å². The van der Waals surface area contributed by atoms with Gasteiger partial charge in [-0.05, 0) is 23.7 Å². The van der Waals surface area contributed by atoms with Crippen molar-refractivity contribution in [1.82, 2.24) is 0 Å². The molecule has 0 spiro atoms. The van der Waals surface area contributed by atoms with Crippen LogP contribution >= 0.6 is 0 Å². The van der Waals surface area contributed by atoms with Crippen molar-refractivity contribution in [2.24, 2.45) is 0 Å². The smallest absolute Gasteiger partial charge is 0.468 e. The van der Waals surface area contributed by atoms with Crippen LogP contribution in [0.5, 0.6) is 11.5 Å². The molecule has 0 saturated carbocycles. The zero-order valence-electron chi connectivity index (χ0n) is 9.45. The van der Waals surface area contributed by atoms with Gasteiger partial charge < -0.3 is 14.8 Å². The number of rotatable bonds is 3. The van der Waals surface area contributed by atoms with Gasteiger partial charge in [0, 0.05) is 0 Å². The molecule has 0 radical (unpaired) electrons. The summed E-state index contributed by atoms with van der Waals surface area (Å²) in [6, 6.07) is 13.6. The summed E-state index contributed by atoms with van der Waals surface area (Å²) in [5, 5.41) is 18.1. The average Bonchev–Trinajstić information content (AvgIpc) is 2.40. The molecule has 0 amide bonds. The van der Waals surface area contributed by atoms with Crippen LogP contribution in [0.3, 0.4) is 0 Å². The molecule has 2 aromatic rings. The van der Waals surface area contributed by atoms with E-state index >= 15 is 0 Å². The van der Waals surface area contributed by atoms with Crippen LogP contribution in [0.15, 0.2) is 48.5 Å². The monoisotopic (exact) mass is 239 g/mol. The SMILES string of the molecule is [C-]#[N+]c1cc(B(O)O)ccc1Oc1ccccc1. The van der Waals surface area contributed by atoms with Crippen LogP contribution in [0, 0.1) is 6.57 Å². The Morgan fingerprint density at radius 1 is 1.06 bits per heavy atom. The highest BCUT2D eigenvalue weighted by Crippen LogP contribution is 2.30. The summed E-state index contributed by atoms with van der Waals surface area (Å²) in [7, 11) is -1.59. The number of benzene rings is 2. The second-order valence-electron chi connectivity index (χ2n) is 3.63. The zero-order chi connectivity index (χ0) is 13.0. The molecule has 0 aliphatic carbocycles. The Morgan fingerprint density at radius 2 is 1.78 bits per heavy atom. The molecule has 88 valence electrons. The van der Waals surface area contributed by atoms with Crippen molar-refractivity contribution in [2.45, 2.75) is 0 Å². The second kappa shape index (κ2) is 5.36. The molecule has 0 aromatic heterocycles. The Kier molecular flexibility index (Phi) is 3.63. The van der Waals surface area contributed by atoms with E-state index in [-0.39, 0.29) is 11.2 Å². The first-order valence-corrected chi connectivity index (χ1v) is 5.31. The number of ether oxygens (including phenoxy) is 1. The fraction of sp³-hybridized carbons (Fsp3) is 0. The fourth-order valence-corrected chi connectivity index (χ4v) is 1.48. The highest BCUT2D eigenvalue weighted by atomic mass is 16.5. The normalized spacial score (nSPS) is 9.61. The lowest BCUT2D eigenvalue weighted by Gasteiger charge is -2.08. The quantitative estimate of drug-likeness (QED) is 0.633. The van der Waals surface area contributed by atoms with E-state index in [0.717, 1.165) is 0 Å². The van der Waals surface area contributed by atoms with Crippen LogP contribution in [0.2, 0.25) is 0 Å². The molecule has 0 aliphatic rings. The van der Waals surface area contributed by atoms with Gasteiger partial charge in [0.15, 0.2) is 0 Å². The minimum atomic E-state index is -1.59. The predicted octanol–water partition coefficient (Wildman–Crippen LogP) is 1.71. The maximum absolute atomic E-state index is 9.04. The zero-order valence-corrected chi connectivity index (χ0v) is 9.45. The maximum Gasteiger partial charge on any atom is 0.487 e. The van der Waals surface area contributed by atoms with Crippen molar-refractivity contribution in [2.75, 3.05) is 0 Å². The van der Waals surface area contributed by atoms with Crippen LogP contribution in [0.1, 0.15) is 0 Å². The first-order chi connectivity index (χ1) is 8.70. The number of hydrogen-bond donors (Lipinski definition) is 2. The fourth-order valence-electron chi connectivity index (χ4n) is 1.48. The molecule has 0 heterocycles. The third-order valence-electron chi connectivity index (χ3n) is 2.37. The Morgan fingerprint density at radius 3 is 2.39 bits per heavy atom. The lowest BCUT2D eigenvalue weighted by molar-refractivity contribution is 0.425. The van der Waals surface area contributed by atoms with E-state index in [1.165, 1.54) is 12.1 Å². The van der Waals surface area contributed by atoms with E-state index in [2.05, 4.69) is 4.85 Å². The number of hydrogen-bond acceptors (Lipinski definition) is 3. The minimum Gasteiger partial charge on any atom is -0.468 e. The summed E-state index contributed by atoms with van der Waals surface area (Å²) in [6.07, 6.45) is 0. The van der Waals surface area contributed by atoms with E-state index in [1.54, 1.807) is 18.2 Å². The molecule has 0 atom stereocenters. The molecule has 0 unspecified atom stereocenters. The Balaban J connectivity index is 2.32. The third kappa shape index (κ3) is 2.69. The van der Waals surface area contributed by atoms with E-state index in [0.29, 0.717) is 11.5 Å². The van der Waals surface area contributed by atoms with Crippen LogP contribution in [-0.4, -0.2) is 17.2 Å². The van der Waals surface area contributed by atoms with Crippen molar-refractivity contribution in [3.8, 4) is 11.5 Å². The van der Waals surface area contributed by atoms with Gasteiger partial charge in [0.1, 0.15) is 11.5 Å². The van der Waals surface area contributed by atoms with Crippen molar-refractivity contribution in [3.05, 3.63) is 59.9 Å². The molecule has 2 aromatic carbocycles. The van der Waals surface area contributed by atoms with E-state index in [4.69, 9.17) is 21.4 Å². The summed E-state index contributed by atoms with van der Waals surface area (Å²) >= 11 is 0. The lowest BCUT2D eigenvalue weighted by atomic mass is 9.80. The van der Waals surface area contributed by atoms with Crippen LogP contribution in [0.4, 0.5) is 5.69 Å². The molecule has 0 bridgehead atoms. The largest absolute Gasteiger partial charge is 0.487 e.